The van der Waals surface area contributed by atoms with Gasteiger partial charge in [-0.2, -0.15) is 0 Å². The summed E-state index contributed by atoms with van der Waals surface area (Å²) in [6.07, 6.45) is 1.33. The minimum Gasteiger partial charge on any atom is -0.381 e. The van der Waals surface area contributed by atoms with Crippen LogP contribution in [0, 0.1) is 5.41 Å². The van der Waals surface area contributed by atoms with Gasteiger partial charge in [0.2, 0.25) is 0 Å². The summed E-state index contributed by atoms with van der Waals surface area (Å²) in [5.74, 6) is 2.91. The van der Waals surface area contributed by atoms with Gasteiger partial charge in [-0.15, -0.1) is 0 Å². The van der Waals surface area contributed by atoms with Crippen LogP contribution < -0.4 is 10.6 Å². The molecule has 0 spiro atoms. The molecule has 5 nitrogen and oxygen atoms in total. The highest BCUT2D eigenvalue weighted by Gasteiger charge is 2.48. The van der Waals surface area contributed by atoms with Crippen LogP contribution in [0.15, 0.2) is 6.07 Å². The van der Waals surface area contributed by atoms with E-state index in [1.165, 1.54) is 0 Å². The van der Waals surface area contributed by atoms with Crippen LogP contribution in [0.1, 0.15) is 45.9 Å². The first-order chi connectivity index (χ1) is 9.38. The largest absolute Gasteiger partial charge is 0.381 e. The van der Waals surface area contributed by atoms with Crippen LogP contribution in [0.2, 0.25) is 0 Å². The zero-order valence-corrected chi connectivity index (χ0v) is 13.3. The molecule has 1 aromatic rings. The molecule has 20 heavy (non-hydrogen) atoms. The summed E-state index contributed by atoms with van der Waals surface area (Å²) in [7, 11) is 3.66. The van der Waals surface area contributed by atoms with Crippen molar-refractivity contribution in [2.24, 2.45) is 5.41 Å². The van der Waals surface area contributed by atoms with Crippen molar-refractivity contribution in [2.45, 2.75) is 52.2 Å². The van der Waals surface area contributed by atoms with Crippen molar-refractivity contribution in [3.63, 3.8) is 0 Å². The summed E-state index contributed by atoms with van der Waals surface area (Å²) < 4.78 is 5.49. The van der Waals surface area contributed by atoms with Gasteiger partial charge < -0.3 is 15.4 Å². The Morgan fingerprint density at radius 2 is 1.95 bits per heavy atom. The van der Waals surface area contributed by atoms with Crippen LogP contribution in [0.3, 0.4) is 0 Å². The van der Waals surface area contributed by atoms with Crippen molar-refractivity contribution in [2.75, 3.05) is 24.8 Å². The zero-order chi connectivity index (χ0) is 14.9. The number of ether oxygens (including phenoxy) is 1. The molecule has 1 aliphatic rings. The average Bonchev–Trinajstić information content (AvgIpc) is 2.42. The van der Waals surface area contributed by atoms with E-state index in [0.29, 0.717) is 18.1 Å². The van der Waals surface area contributed by atoms with Gasteiger partial charge in [-0.25, -0.2) is 9.97 Å². The first-order valence-electron chi connectivity index (χ1n) is 7.24. The Hall–Kier alpha value is -1.36. The maximum Gasteiger partial charge on any atom is 0.135 e. The lowest BCUT2D eigenvalue weighted by atomic mass is 9.64. The van der Waals surface area contributed by atoms with Crippen LogP contribution in [0.5, 0.6) is 0 Å². The number of hydrogen-bond acceptors (Lipinski definition) is 5. The first-order valence-corrected chi connectivity index (χ1v) is 7.24. The molecule has 5 heteroatoms. The quantitative estimate of drug-likeness (QED) is 0.867. The maximum atomic E-state index is 5.49. The van der Waals surface area contributed by atoms with E-state index < -0.39 is 0 Å². The Labute approximate surface area is 121 Å². The fourth-order valence-corrected chi connectivity index (χ4v) is 2.63. The lowest BCUT2D eigenvalue weighted by Gasteiger charge is -2.51. The van der Waals surface area contributed by atoms with Gasteiger partial charge in [0.1, 0.15) is 17.5 Å². The number of methoxy groups -OCH3 is 1. The smallest absolute Gasteiger partial charge is 0.135 e. The van der Waals surface area contributed by atoms with Gasteiger partial charge >= 0.3 is 0 Å². The van der Waals surface area contributed by atoms with Crippen LogP contribution in [-0.4, -0.2) is 36.3 Å². The number of aromatic nitrogens is 2. The Kier molecular flexibility index (Phi) is 4.18. The molecule has 2 N–H and O–H groups in total. The molecule has 0 aromatic carbocycles. The summed E-state index contributed by atoms with van der Waals surface area (Å²) >= 11 is 0. The highest BCUT2D eigenvalue weighted by molar-refractivity contribution is 5.48. The van der Waals surface area contributed by atoms with Gasteiger partial charge in [0.15, 0.2) is 0 Å². The minimum atomic E-state index is 0.123. The molecule has 2 unspecified atom stereocenters. The van der Waals surface area contributed by atoms with Gasteiger partial charge in [-0.3, -0.25) is 0 Å². The number of nitrogens with zero attached hydrogens (tertiary/aromatic N) is 2. The number of rotatable bonds is 5. The fourth-order valence-electron chi connectivity index (χ4n) is 2.63. The van der Waals surface area contributed by atoms with E-state index >= 15 is 0 Å². The predicted octanol–water partition coefficient (Wildman–Crippen LogP) is 2.87. The molecule has 1 aromatic heterocycles. The Bertz CT molecular complexity index is 473. The van der Waals surface area contributed by atoms with Crippen molar-refractivity contribution in [1.82, 2.24) is 9.97 Å². The molecule has 1 aliphatic carbocycles. The van der Waals surface area contributed by atoms with E-state index in [9.17, 15) is 0 Å². The molecule has 1 fully saturated rings. The fraction of sp³-hybridized carbons (Fsp3) is 0.733. The summed E-state index contributed by atoms with van der Waals surface area (Å²) in [6.45, 7) is 8.66. The molecule has 0 saturated heterocycles. The standard InChI is InChI=1S/C15H26N4O/c1-9(2)14-18-12(16-5)8-13(19-14)17-10-7-11(20-6)15(10,3)4/h8-11H,7H2,1-6H3,(H2,16,17,18,19). The summed E-state index contributed by atoms with van der Waals surface area (Å²) in [5, 5.41) is 6.63. The van der Waals surface area contributed by atoms with Crippen LogP contribution in [-0.2, 0) is 4.74 Å². The third-order valence-electron chi connectivity index (χ3n) is 4.30. The van der Waals surface area contributed by atoms with E-state index in [2.05, 4.69) is 48.3 Å². The van der Waals surface area contributed by atoms with Gasteiger partial charge in [0.25, 0.3) is 0 Å². The molecular formula is C15H26N4O. The Morgan fingerprint density at radius 3 is 2.45 bits per heavy atom. The zero-order valence-electron chi connectivity index (χ0n) is 13.3. The summed E-state index contributed by atoms with van der Waals surface area (Å²) in [6, 6.07) is 2.34. The first kappa shape index (κ1) is 15.0. The van der Waals surface area contributed by atoms with E-state index in [-0.39, 0.29) is 5.41 Å². The van der Waals surface area contributed by atoms with Gasteiger partial charge in [-0.05, 0) is 6.42 Å². The predicted molar refractivity (Wildman–Crippen MR) is 82.3 cm³/mol. The monoisotopic (exact) mass is 278 g/mol. The van der Waals surface area contributed by atoms with Gasteiger partial charge in [0.05, 0.1) is 6.10 Å². The Balaban J connectivity index is 2.16. The maximum absolute atomic E-state index is 5.49. The number of nitrogens with one attached hydrogen (secondary N) is 2. The van der Waals surface area contributed by atoms with Crippen LogP contribution in [0.25, 0.3) is 0 Å². The molecule has 0 aliphatic heterocycles. The van der Waals surface area contributed by atoms with Crippen LogP contribution >= 0.6 is 0 Å². The second-order valence-corrected chi connectivity index (χ2v) is 6.38. The SMILES string of the molecule is CNc1cc(NC2CC(OC)C2(C)C)nc(C(C)C)n1. The van der Waals surface area contributed by atoms with Gasteiger partial charge in [0, 0.05) is 37.6 Å². The topological polar surface area (TPSA) is 59.1 Å². The summed E-state index contributed by atoms with van der Waals surface area (Å²) in [5.41, 5.74) is 0.123. The molecule has 0 radical (unpaired) electrons. The molecule has 0 bridgehead atoms. The van der Waals surface area contributed by atoms with Gasteiger partial charge in [-0.1, -0.05) is 27.7 Å². The molecule has 1 saturated carbocycles. The van der Waals surface area contributed by atoms with E-state index in [0.717, 1.165) is 23.9 Å². The highest BCUT2D eigenvalue weighted by atomic mass is 16.5. The molecule has 1 heterocycles. The van der Waals surface area contributed by atoms with Crippen molar-refractivity contribution in [3.05, 3.63) is 11.9 Å². The van der Waals surface area contributed by atoms with E-state index in [4.69, 9.17) is 4.74 Å². The van der Waals surface area contributed by atoms with Crippen molar-refractivity contribution in [3.8, 4) is 0 Å². The minimum absolute atomic E-state index is 0.123. The average molecular weight is 278 g/mol. The Morgan fingerprint density at radius 1 is 1.30 bits per heavy atom. The lowest BCUT2D eigenvalue weighted by Crippen LogP contribution is -2.57. The van der Waals surface area contributed by atoms with E-state index in [1.54, 1.807) is 7.11 Å². The van der Waals surface area contributed by atoms with E-state index in [1.807, 2.05) is 13.1 Å². The molecule has 0 amide bonds. The lowest BCUT2D eigenvalue weighted by molar-refractivity contribution is -0.0795. The number of hydrogen-bond donors (Lipinski definition) is 2. The molecular weight excluding hydrogens is 252 g/mol. The molecule has 2 atom stereocenters. The third-order valence-corrected chi connectivity index (χ3v) is 4.30. The number of anilines is 2. The second-order valence-electron chi connectivity index (χ2n) is 6.38. The molecule has 2 rings (SSSR count). The normalized spacial score (nSPS) is 24.4. The molecule has 112 valence electrons. The van der Waals surface area contributed by atoms with Crippen molar-refractivity contribution >= 4 is 11.6 Å². The highest BCUT2D eigenvalue weighted by Crippen LogP contribution is 2.43. The third kappa shape index (κ3) is 2.73. The van der Waals surface area contributed by atoms with Crippen molar-refractivity contribution in [1.29, 1.82) is 0 Å². The summed E-state index contributed by atoms with van der Waals surface area (Å²) in [4.78, 5) is 9.10. The van der Waals surface area contributed by atoms with Crippen molar-refractivity contribution < 1.29 is 4.74 Å². The van der Waals surface area contributed by atoms with Crippen LogP contribution in [0.4, 0.5) is 11.6 Å². The second kappa shape index (κ2) is 5.56.